The van der Waals surface area contributed by atoms with Gasteiger partial charge in [-0.05, 0) is 39.9 Å². The average Bonchev–Trinajstić information content (AvgIpc) is 2.89. The van der Waals surface area contributed by atoms with Gasteiger partial charge in [-0.1, -0.05) is 107 Å². The molecule has 0 bridgehead atoms. The van der Waals surface area contributed by atoms with Crippen molar-refractivity contribution in [3.63, 3.8) is 0 Å². The lowest BCUT2D eigenvalue weighted by Crippen LogP contribution is -2.69. The molecule has 3 atom stereocenters. The fraction of sp³-hybridized carbons (Fsp3) is 0.367. The molecule has 3 aromatic carbocycles. The molecule has 0 aliphatic rings. The molecule has 0 saturated heterocycles. The zero-order valence-corrected chi connectivity index (χ0v) is 22.6. The predicted octanol–water partition coefficient (Wildman–Crippen LogP) is 4.17. The van der Waals surface area contributed by atoms with Crippen molar-refractivity contribution in [1.29, 1.82) is 0 Å². The monoisotopic (exact) mass is 506 g/mol. The Balaban J connectivity index is 1.91. The highest BCUT2D eigenvalue weighted by atomic mass is 28.4. The smallest absolute Gasteiger partial charge is 0.338 e. The maximum Gasteiger partial charge on any atom is 0.338 e. The van der Waals surface area contributed by atoms with E-state index in [1.807, 2.05) is 49.4 Å². The highest BCUT2D eigenvalue weighted by molar-refractivity contribution is 6.99. The van der Waals surface area contributed by atoms with Gasteiger partial charge in [0.1, 0.15) is 6.10 Å². The highest BCUT2D eigenvalue weighted by Gasteiger charge is 2.52. The average molecular weight is 507 g/mol. The second-order valence-corrected chi connectivity index (χ2v) is 14.5. The second-order valence-electron chi connectivity index (χ2n) is 10.3. The van der Waals surface area contributed by atoms with Crippen LogP contribution in [0.5, 0.6) is 0 Å². The Morgan fingerprint density at radius 2 is 1.33 bits per heavy atom. The molecule has 192 valence electrons. The van der Waals surface area contributed by atoms with Crippen molar-refractivity contribution >= 4 is 24.7 Å². The highest BCUT2D eigenvalue weighted by Crippen LogP contribution is 2.39. The Kier molecular flexibility index (Phi) is 9.62. The van der Waals surface area contributed by atoms with Gasteiger partial charge < -0.3 is 19.4 Å². The van der Waals surface area contributed by atoms with Gasteiger partial charge in [-0.15, -0.1) is 0 Å². The van der Waals surface area contributed by atoms with Gasteiger partial charge in [0.2, 0.25) is 0 Å². The summed E-state index contributed by atoms with van der Waals surface area (Å²) < 4.78 is 12.6. The number of hydrogen-bond acceptors (Lipinski definition) is 5. The minimum Gasteiger partial charge on any atom is -0.462 e. The summed E-state index contributed by atoms with van der Waals surface area (Å²) in [4.78, 5) is 12.4. The Hall–Kier alpha value is -2.77. The molecule has 36 heavy (non-hydrogen) atoms. The Morgan fingerprint density at radius 3 is 1.78 bits per heavy atom. The van der Waals surface area contributed by atoms with E-state index in [2.05, 4.69) is 45.0 Å². The first kappa shape index (κ1) is 27.8. The molecule has 0 fully saturated rings. The van der Waals surface area contributed by atoms with E-state index < -0.39 is 27.1 Å². The Morgan fingerprint density at radius 1 is 0.861 bits per heavy atom. The van der Waals surface area contributed by atoms with Gasteiger partial charge in [-0.2, -0.15) is 0 Å². The van der Waals surface area contributed by atoms with Crippen molar-refractivity contribution in [2.75, 3.05) is 13.2 Å². The summed E-state index contributed by atoms with van der Waals surface area (Å²) in [6, 6.07) is 29.3. The van der Waals surface area contributed by atoms with Crippen LogP contribution in [0, 0.1) is 5.92 Å². The molecule has 2 N–H and O–H groups in total. The molecule has 0 aliphatic carbocycles. The fourth-order valence-corrected chi connectivity index (χ4v) is 9.55. The van der Waals surface area contributed by atoms with Crippen molar-refractivity contribution in [3.05, 3.63) is 96.6 Å². The topological polar surface area (TPSA) is 76.0 Å². The molecule has 5 nitrogen and oxygen atoms in total. The van der Waals surface area contributed by atoms with Gasteiger partial charge in [-0.3, -0.25) is 0 Å². The molecule has 3 aromatic rings. The lowest BCUT2D eigenvalue weighted by Gasteiger charge is -2.47. The summed E-state index contributed by atoms with van der Waals surface area (Å²) in [5.41, 5.74) is 0.501. The van der Waals surface area contributed by atoms with Crippen LogP contribution < -0.4 is 10.4 Å². The molecular weight excluding hydrogens is 468 g/mol. The van der Waals surface area contributed by atoms with E-state index in [9.17, 15) is 15.0 Å². The number of hydrogen-bond donors (Lipinski definition) is 2. The number of esters is 1. The van der Waals surface area contributed by atoms with Gasteiger partial charge in [0.25, 0.3) is 8.32 Å². The Labute approximate surface area is 215 Å². The van der Waals surface area contributed by atoms with Crippen LogP contribution in [-0.4, -0.2) is 49.9 Å². The van der Waals surface area contributed by atoms with Crippen molar-refractivity contribution in [2.24, 2.45) is 5.92 Å². The van der Waals surface area contributed by atoms with Crippen LogP contribution in [0.4, 0.5) is 0 Å². The van der Waals surface area contributed by atoms with Gasteiger partial charge in [0.15, 0.2) is 0 Å². The van der Waals surface area contributed by atoms with Gasteiger partial charge in [0.05, 0.1) is 24.9 Å². The molecule has 0 radical (unpaired) electrons. The lowest BCUT2D eigenvalue weighted by molar-refractivity contribution is -0.0353. The molecule has 0 saturated carbocycles. The Bertz CT molecular complexity index is 1030. The molecule has 0 amide bonds. The van der Waals surface area contributed by atoms with E-state index in [0.29, 0.717) is 12.0 Å². The van der Waals surface area contributed by atoms with Crippen molar-refractivity contribution < 1.29 is 24.2 Å². The zero-order valence-electron chi connectivity index (χ0n) is 21.6. The van der Waals surface area contributed by atoms with Crippen LogP contribution >= 0.6 is 0 Å². The first-order chi connectivity index (χ1) is 17.2. The maximum absolute atomic E-state index is 12.4. The molecule has 3 rings (SSSR count). The minimum absolute atomic E-state index is 0.183. The third-order valence-electron chi connectivity index (χ3n) is 6.67. The molecule has 6 heteroatoms. The van der Waals surface area contributed by atoms with Crippen LogP contribution in [0.3, 0.4) is 0 Å². The summed E-state index contributed by atoms with van der Waals surface area (Å²) >= 11 is 0. The summed E-state index contributed by atoms with van der Waals surface area (Å²) in [5.74, 6) is -0.563. The number of aliphatic hydroxyl groups is 2. The van der Waals surface area contributed by atoms with E-state index in [-0.39, 0.29) is 23.5 Å². The SMILES string of the molecule is C[C@@H](CCOC(=O)c1ccccc1)[C@H](O[Si](c1ccccc1)(c1ccccc1)C(C)(C)C)[C@H](O)CO. The summed E-state index contributed by atoms with van der Waals surface area (Å²) in [5, 5.41) is 22.8. The van der Waals surface area contributed by atoms with Crippen molar-refractivity contribution in [3.8, 4) is 0 Å². The molecule has 0 spiro atoms. The van der Waals surface area contributed by atoms with Crippen LogP contribution in [0.15, 0.2) is 91.0 Å². The molecular formula is C30H38O5Si. The minimum atomic E-state index is -2.95. The maximum atomic E-state index is 12.4. The summed E-state index contributed by atoms with van der Waals surface area (Å²) in [7, 11) is -2.95. The standard InChI is InChI=1S/C30H38O5Si/c1-23(20-21-34-29(33)24-14-8-5-9-15-24)28(27(32)22-31)35-36(30(2,3)4,25-16-10-6-11-17-25)26-18-12-7-13-19-26/h5-19,23,27-28,31-32H,20-22H2,1-4H3/t23-,27+,28-/m0/s1. The molecule has 0 aromatic heterocycles. The zero-order chi connectivity index (χ0) is 26.2. The molecule has 0 unspecified atom stereocenters. The lowest BCUT2D eigenvalue weighted by atomic mass is 9.97. The van der Waals surface area contributed by atoms with Crippen LogP contribution in [0.1, 0.15) is 44.5 Å². The molecule has 0 heterocycles. The fourth-order valence-electron chi connectivity index (χ4n) is 4.73. The van der Waals surface area contributed by atoms with Gasteiger partial charge >= 0.3 is 5.97 Å². The van der Waals surface area contributed by atoms with E-state index in [4.69, 9.17) is 9.16 Å². The first-order valence-electron chi connectivity index (χ1n) is 12.5. The van der Waals surface area contributed by atoms with E-state index in [0.717, 1.165) is 10.4 Å². The van der Waals surface area contributed by atoms with Crippen molar-refractivity contribution in [1.82, 2.24) is 0 Å². The van der Waals surface area contributed by atoms with E-state index >= 15 is 0 Å². The van der Waals surface area contributed by atoms with Crippen LogP contribution in [0.25, 0.3) is 0 Å². The van der Waals surface area contributed by atoms with Crippen LogP contribution in [-0.2, 0) is 9.16 Å². The molecule has 0 aliphatic heterocycles. The number of aliphatic hydroxyl groups excluding tert-OH is 2. The van der Waals surface area contributed by atoms with Crippen molar-refractivity contribution in [2.45, 2.75) is 51.4 Å². The second kappa shape index (κ2) is 12.5. The predicted molar refractivity (Wildman–Crippen MR) is 146 cm³/mol. The first-order valence-corrected chi connectivity index (χ1v) is 14.4. The summed E-state index contributed by atoms with van der Waals surface area (Å²) in [6.45, 7) is 8.26. The number of carbonyl (C=O) groups is 1. The number of rotatable bonds is 11. The quantitative estimate of drug-likeness (QED) is 0.302. The number of benzene rings is 3. The normalized spacial score (nSPS) is 14.6. The third kappa shape index (κ3) is 6.31. The van der Waals surface area contributed by atoms with E-state index in [1.54, 1.807) is 24.3 Å². The van der Waals surface area contributed by atoms with Crippen LogP contribution in [0.2, 0.25) is 5.04 Å². The van der Waals surface area contributed by atoms with Gasteiger partial charge in [-0.25, -0.2) is 4.79 Å². The number of carbonyl (C=O) groups excluding carboxylic acids is 1. The summed E-state index contributed by atoms with van der Waals surface area (Å²) in [6.07, 6.45) is -1.25. The third-order valence-corrected chi connectivity index (χ3v) is 11.7. The largest absolute Gasteiger partial charge is 0.462 e. The van der Waals surface area contributed by atoms with Gasteiger partial charge in [0, 0.05) is 0 Å². The van der Waals surface area contributed by atoms with E-state index in [1.165, 1.54) is 0 Å². The number of ether oxygens (including phenoxy) is 1.